The Labute approximate surface area is 120 Å². The summed E-state index contributed by atoms with van der Waals surface area (Å²) in [4.78, 5) is 16.5. The van der Waals surface area contributed by atoms with Crippen LogP contribution in [0.3, 0.4) is 0 Å². The molecule has 0 amide bonds. The van der Waals surface area contributed by atoms with Gasteiger partial charge in [0.05, 0.1) is 5.69 Å². The highest BCUT2D eigenvalue weighted by molar-refractivity contribution is 5.29. The zero-order valence-electron chi connectivity index (χ0n) is 12.7. The van der Waals surface area contributed by atoms with E-state index in [0.29, 0.717) is 6.54 Å². The zero-order valence-corrected chi connectivity index (χ0v) is 12.7. The van der Waals surface area contributed by atoms with Gasteiger partial charge in [-0.15, -0.1) is 0 Å². The minimum Gasteiger partial charge on any atom is -0.503 e. The summed E-state index contributed by atoms with van der Waals surface area (Å²) in [6, 6.07) is 1.51. The Bertz CT molecular complexity index is 517. The third-order valence-corrected chi connectivity index (χ3v) is 4.20. The van der Waals surface area contributed by atoms with E-state index in [4.69, 9.17) is 0 Å². The second-order valence-corrected chi connectivity index (χ2v) is 5.40. The molecule has 1 aromatic heterocycles. The fraction of sp³-hybridized carbons (Fsp3) is 0.667. The monoisotopic (exact) mass is 279 g/mol. The summed E-state index contributed by atoms with van der Waals surface area (Å²) >= 11 is 0. The number of hydrogen-bond donors (Lipinski definition) is 1. The van der Waals surface area contributed by atoms with Crippen LogP contribution in [0, 0.1) is 6.92 Å². The number of nitrogens with zero attached hydrogens (tertiary/aromatic N) is 3. The van der Waals surface area contributed by atoms with Crippen LogP contribution in [0.4, 0.5) is 0 Å². The predicted octanol–water partition coefficient (Wildman–Crippen LogP) is 1.02. The van der Waals surface area contributed by atoms with Crippen molar-refractivity contribution in [2.75, 3.05) is 32.7 Å². The van der Waals surface area contributed by atoms with Crippen molar-refractivity contribution >= 4 is 0 Å². The van der Waals surface area contributed by atoms with Gasteiger partial charge in [0.2, 0.25) is 5.43 Å². The molecule has 20 heavy (non-hydrogen) atoms. The quantitative estimate of drug-likeness (QED) is 0.894. The Morgan fingerprint density at radius 3 is 2.25 bits per heavy atom. The third-order valence-electron chi connectivity index (χ3n) is 4.20. The Balaban J connectivity index is 2.19. The van der Waals surface area contributed by atoms with Gasteiger partial charge < -0.3 is 14.6 Å². The SMILES string of the molecule is CCN1CCN(Cc2c(O)c(=O)cc(C)n2CC)CC1. The van der Waals surface area contributed by atoms with E-state index in [1.54, 1.807) is 0 Å². The Hall–Kier alpha value is -1.33. The van der Waals surface area contributed by atoms with E-state index in [1.165, 1.54) is 6.07 Å². The molecule has 112 valence electrons. The smallest absolute Gasteiger partial charge is 0.223 e. The summed E-state index contributed by atoms with van der Waals surface area (Å²) in [6.45, 7) is 12.7. The first-order valence-electron chi connectivity index (χ1n) is 7.43. The van der Waals surface area contributed by atoms with Gasteiger partial charge in [0.15, 0.2) is 5.75 Å². The molecule has 2 rings (SSSR count). The van der Waals surface area contributed by atoms with Gasteiger partial charge >= 0.3 is 0 Å². The molecule has 5 heteroatoms. The van der Waals surface area contributed by atoms with Gasteiger partial charge in [0.25, 0.3) is 0 Å². The normalized spacial score (nSPS) is 17.6. The molecule has 1 aliphatic heterocycles. The van der Waals surface area contributed by atoms with Gasteiger partial charge in [-0.3, -0.25) is 9.69 Å². The second kappa shape index (κ2) is 6.41. The molecule has 1 saturated heterocycles. The maximum Gasteiger partial charge on any atom is 0.223 e. The van der Waals surface area contributed by atoms with Crippen LogP contribution in [-0.4, -0.2) is 52.2 Å². The van der Waals surface area contributed by atoms with Crippen molar-refractivity contribution in [3.05, 3.63) is 27.7 Å². The largest absolute Gasteiger partial charge is 0.503 e. The van der Waals surface area contributed by atoms with E-state index < -0.39 is 0 Å². The van der Waals surface area contributed by atoms with Gasteiger partial charge in [-0.25, -0.2) is 0 Å². The van der Waals surface area contributed by atoms with Crippen LogP contribution in [0.1, 0.15) is 25.2 Å². The van der Waals surface area contributed by atoms with E-state index in [1.807, 2.05) is 18.4 Å². The van der Waals surface area contributed by atoms with Crippen LogP contribution >= 0.6 is 0 Å². The van der Waals surface area contributed by atoms with E-state index in [9.17, 15) is 9.90 Å². The molecule has 5 nitrogen and oxygen atoms in total. The van der Waals surface area contributed by atoms with Gasteiger partial charge in [-0.2, -0.15) is 0 Å². The van der Waals surface area contributed by atoms with Gasteiger partial charge in [0.1, 0.15) is 0 Å². The van der Waals surface area contributed by atoms with Crippen LogP contribution < -0.4 is 5.43 Å². The average Bonchev–Trinajstić information content (AvgIpc) is 2.45. The molecule has 0 radical (unpaired) electrons. The summed E-state index contributed by atoms with van der Waals surface area (Å²) in [5, 5.41) is 10.1. The predicted molar refractivity (Wildman–Crippen MR) is 80.2 cm³/mol. The maximum atomic E-state index is 11.8. The molecular weight excluding hydrogens is 254 g/mol. The molecular formula is C15H25N3O2. The molecule has 1 aromatic rings. The lowest BCUT2D eigenvalue weighted by Crippen LogP contribution is -2.46. The summed E-state index contributed by atoms with van der Waals surface area (Å²) in [6.07, 6.45) is 0. The molecule has 0 saturated carbocycles. The first-order chi connectivity index (χ1) is 9.56. The van der Waals surface area contributed by atoms with Crippen molar-refractivity contribution in [2.45, 2.75) is 33.9 Å². The molecule has 0 aromatic carbocycles. The number of pyridine rings is 1. The van der Waals surface area contributed by atoms with Crippen LogP contribution in [0.15, 0.2) is 10.9 Å². The van der Waals surface area contributed by atoms with Gasteiger partial charge in [-0.05, 0) is 20.4 Å². The first-order valence-corrected chi connectivity index (χ1v) is 7.43. The van der Waals surface area contributed by atoms with E-state index >= 15 is 0 Å². The lowest BCUT2D eigenvalue weighted by Gasteiger charge is -2.34. The second-order valence-electron chi connectivity index (χ2n) is 5.40. The molecule has 0 spiro atoms. The molecule has 1 fully saturated rings. The lowest BCUT2D eigenvalue weighted by molar-refractivity contribution is 0.128. The van der Waals surface area contributed by atoms with Crippen molar-refractivity contribution < 1.29 is 5.11 Å². The Morgan fingerprint density at radius 1 is 1.10 bits per heavy atom. The van der Waals surface area contributed by atoms with Crippen LogP contribution in [0.2, 0.25) is 0 Å². The first kappa shape index (κ1) is 15.1. The van der Waals surface area contributed by atoms with E-state index in [0.717, 1.165) is 50.7 Å². The molecule has 0 unspecified atom stereocenters. The molecule has 0 aliphatic carbocycles. The van der Waals surface area contributed by atoms with Crippen molar-refractivity contribution in [3.63, 3.8) is 0 Å². The highest BCUT2D eigenvalue weighted by Gasteiger charge is 2.19. The van der Waals surface area contributed by atoms with E-state index in [2.05, 4.69) is 16.7 Å². The Kier molecular flexibility index (Phi) is 4.83. The number of aromatic nitrogens is 1. The summed E-state index contributed by atoms with van der Waals surface area (Å²) < 4.78 is 2.03. The van der Waals surface area contributed by atoms with Crippen molar-refractivity contribution in [3.8, 4) is 5.75 Å². The lowest BCUT2D eigenvalue weighted by atomic mass is 10.2. The highest BCUT2D eigenvalue weighted by Crippen LogP contribution is 2.17. The van der Waals surface area contributed by atoms with Crippen molar-refractivity contribution in [1.29, 1.82) is 0 Å². The van der Waals surface area contributed by atoms with Crippen LogP contribution in [0.25, 0.3) is 0 Å². The summed E-state index contributed by atoms with van der Waals surface area (Å²) in [5.74, 6) is -0.0876. The minimum absolute atomic E-state index is 0.0876. The third kappa shape index (κ3) is 3.04. The van der Waals surface area contributed by atoms with Crippen LogP contribution in [0.5, 0.6) is 5.75 Å². The number of rotatable bonds is 4. The molecule has 2 heterocycles. The van der Waals surface area contributed by atoms with Crippen LogP contribution in [-0.2, 0) is 13.1 Å². The summed E-state index contributed by atoms with van der Waals surface area (Å²) in [7, 11) is 0. The van der Waals surface area contributed by atoms with E-state index in [-0.39, 0.29) is 11.2 Å². The zero-order chi connectivity index (χ0) is 14.7. The molecule has 1 N–H and O–H groups in total. The van der Waals surface area contributed by atoms with Crippen molar-refractivity contribution in [1.82, 2.24) is 14.4 Å². The summed E-state index contributed by atoms with van der Waals surface area (Å²) in [5.41, 5.74) is 1.40. The van der Waals surface area contributed by atoms with Crippen molar-refractivity contribution in [2.24, 2.45) is 0 Å². The number of hydrogen-bond acceptors (Lipinski definition) is 4. The number of aromatic hydroxyl groups is 1. The number of piperazine rings is 1. The minimum atomic E-state index is -0.269. The standard InChI is InChI=1S/C15H25N3O2/c1-4-16-6-8-17(9-7-16)11-13-15(20)14(19)10-12(3)18(13)5-2/h10,20H,4-9,11H2,1-3H3. The Morgan fingerprint density at radius 2 is 1.70 bits per heavy atom. The highest BCUT2D eigenvalue weighted by atomic mass is 16.3. The molecule has 0 atom stereocenters. The fourth-order valence-corrected chi connectivity index (χ4v) is 2.89. The number of likely N-dealkylation sites (N-methyl/N-ethyl adjacent to an activating group) is 1. The van der Waals surface area contributed by atoms with Gasteiger partial charge in [-0.1, -0.05) is 6.92 Å². The maximum absolute atomic E-state index is 11.8. The van der Waals surface area contributed by atoms with Gasteiger partial charge in [0, 0.05) is 51.0 Å². The average molecular weight is 279 g/mol. The molecule has 1 aliphatic rings. The fourth-order valence-electron chi connectivity index (χ4n) is 2.89. The topological polar surface area (TPSA) is 48.7 Å². The number of aryl methyl sites for hydroxylation is 1. The molecule has 0 bridgehead atoms.